The summed E-state index contributed by atoms with van der Waals surface area (Å²) in [6, 6.07) is 15.6. The minimum atomic E-state index is 0.0234. The lowest BCUT2D eigenvalue weighted by atomic mass is 10.1. The highest BCUT2D eigenvalue weighted by atomic mass is 32.1. The molecule has 0 bridgehead atoms. The first-order chi connectivity index (χ1) is 13.7. The second-order valence-corrected chi connectivity index (χ2v) is 8.44. The molecule has 6 heteroatoms. The molecule has 0 radical (unpaired) electrons. The van der Waals surface area contributed by atoms with Crippen LogP contribution < -0.4 is 4.90 Å². The van der Waals surface area contributed by atoms with Crippen LogP contribution in [0.15, 0.2) is 48.5 Å². The Balaban J connectivity index is 1.43. The average Bonchev–Trinajstić information content (AvgIpc) is 3.45. The van der Waals surface area contributed by atoms with Crippen LogP contribution in [0.4, 0.5) is 5.69 Å². The van der Waals surface area contributed by atoms with Crippen molar-refractivity contribution >= 4 is 39.1 Å². The van der Waals surface area contributed by atoms with E-state index in [2.05, 4.69) is 6.07 Å². The third kappa shape index (κ3) is 2.98. The fraction of sp³-hybridized carbons (Fsp3) is 0.318. The van der Waals surface area contributed by atoms with E-state index in [0.717, 1.165) is 53.3 Å². The number of benzene rings is 2. The van der Waals surface area contributed by atoms with Crippen molar-refractivity contribution in [3.8, 4) is 0 Å². The number of likely N-dealkylation sites (tertiary alicyclic amines) is 1. The van der Waals surface area contributed by atoms with Gasteiger partial charge in [0.25, 0.3) is 5.91 Å². The van der Waals surface area contributed by atoms with Crippen LogP contribution in [-0.4, -0.2) is 34.8 Å². The number of carbonyl (C=O) groups is 2. The van der Waals surface area contributed by atoms with E-state index in [1.165, 1.54) is 0 Å². The number of rotatable bonds is 3. The molecule has 0 saturated carbocycles. The average molecular weight is 391 g/mol. The number of para-hydroxylation sites is 1. The Morgan fingerprint density at radius 1 is 1.07 bits per heavy atom. The van der Waals surface area contributed by atoms with Crippen LogP contribution in [0.5, 0.6) is 0 Å². The SMILES string of the molecule is O=C1CCCN1c1cccc(C(=O)N2CCC[C@@H]2c2nc3ccccc3s2)c1. The van der Waals surface area contributed by atoms with Gasteiger partial charge in [0.05, 0.1) is 16.3 Å². The van der Waals surface area contributed by atoms with Crippen LogP contribution in [0.3, 0.4) is 0 Å². The summed E-state index contributed by atoms with van der Waals surface area (Å²) in [6.07, 6.45) is 3.39. The number of nitrogens with zero attached hydrogens (tertiary/aromatic N) is 3. The first-order valence-electron chi connectivity index (χ1n) is 9.77. The number of carbonyl (C=O) groups excluding carboxylic acids is 2. The first kappa shape index (κ1) is 17.4. The molecule has 0 N–H and O–H groups in total. The Bertz CT molecular complexity index is 1030. The van der Waals surface area contributed by atoms with Crippen molar-refractivity contribution in [1.29, 1.82) is 0 Å². The Hall–Kier alpha value is -2.73. The molecule has 2 aromatic carbocycles. The van der Waals surface area contributed by atoms with Crippen LogP contribution >= 0.6 is 11.3 Å². The van der Waals surface area contributed by atoms with E-state index in [1.54, 1.807) is 16.2 Å². The zero-order valence-corrected chi connectivity index (χ0v) is 16.3. The molecule has 1 atom stereocenters. The minimum absolute atomic E-state index is 0.0234. The van der Waals surface area contributed by atoms with Gasteiger partial charge in [0, 0.05) is 30.8 Å². The van der Waals surface area contributed by atoms with E-state index in [9.17, 15) is 9.59 Å². The molecule has 5 nitrogen and oxygen atoms in total. The third-order valence-corrected chi connectivity index (χ3v) is 6.72. The quantitative estimate of drug-likeness (QED) is 0.665. The van der Waals surface area contributed by atoms with Gasteiger partial charge in [-0.3, -0.25) is 9.59 Å². The molecule has 0 aliphatic carbocycles. The molecule has 2 saturated heterocycles. The van der Waals surface area contributed by atoms with Crippen LogP contribution in [0.2, 0.25) is 0 Å². The van der Waals surface area contributed by atoms with Crippen LogP contribution in [0.1, 0.15) is 47.1 Å². The van der Waals surface area contributed by atoms with Crippen LogP contribution in [-0.2, 0) is 4.79 Å². The molecule has 2 amide bonds. The number of aromatic nitrogens is 1. The fourth-order valence-corrected chi connectivity index (χ4v) is 5.31. The first-order valence-corrected chi connectivity index (χ1v) is 10.6. The summed E-state index contributed by atoms with van der Waals surface area (Å²) in [5, 5.41) is 1.01. The van der Waals surface area contributed by atoms with Gasteiger partial charge in [0.2, 0.25) is 5.91 Å². The molecule has 28 heavy (non-hydrogen) atoms. The molecule has 2 fully saturated rings. The number of thiazole rings is 1. The summed E-state index contributed by atoms with van der Waals surface area (Å²) < 4.78 is 1.16. The van der Waals surface area contributed by atoms with E-state index in [0.29, 0.717) is 12.0 Å². The van der Waals surface area contributed by atoms with Gasteiger partial charge in [-0.25, -0.2) is 4.98 Å². The molecule has 3 aromatic rings. The molecule has 1 aromatic heterocycles. The number of hydrogen-bond acceptors (Lipinski definition) is 4. The number of anilines is 1. The van der Waals surface area contributed by atoms with E-state index in [1.807, 2.05) is 47.4 Å². The van der Waals surface area contributed by atoms with Gasteiger partial charge in [-0.1, -0.05) is 18.2 Å². The molecule has 2 aliphatic rings. The second kappa shape index (κ2) is 7.02. The summed E-state index contributed by atoms with van der Waals surface area (Å²) in [5.41, 5.74) is 2.46. The number of amides is 2. The lowest BCUT2D eigenvalue weighted by Crippen LogP contribution is -2.31. The number of hydrogen-bond donors (Lipinski definition) is 0. The van der Waals surface area contributed by atoms with Gasteiger partial charge < -0.3 is 9.80 Å². The summed E-state index contributed by atoms with van der Waals surface area (Å²) in [6.45, 7) is 1.47. The van der Waals surface area contributed by atoms with E-state index in [4.69, 9.17) is 4.98 Å². The fourth-order valence-electron chi connectivity index (χ4n) is 4.19. The van der Waals surface area contributed by atoms with Crippen LogP contribution in [0, 0.1) is 0 Å². The predicted molar refractivity (Wildman–Crippen MR) is 111 cm³/mol. The minimum Gasteiger partial charge on any atom is -0.329 e. The predicted octanol–water partition coefficient (Wildman–Crippen LogP) is 4.40. The Morgan fingerprint density at radius 2 is 1.96 bits per heavy atom. The van der Waals surface area contributed by atoms with Crippen molar-refractivity contribution in [3.63, 3.8) is 0 Å². The van der Waals surface area contributed by atoms with Gasteiger partial charge in [-0.2, -0.15) is 0 Å². The van der Waals surface area contributed by atoms with E-state index in [-0.39, 0.29) is 17.9 Å². The van der Waals surface area contributed by atoms with Crippen molar-refractivity contribution in [2.45, 2.75) is 31.7 Å². The topological polar surface area (TPSA) is 53.5 Å². The third-order valence-electron chi connectivity index (χ3n) is 5.59. The zero-order chi connectivity index (χ0) is 19.1. The van der Waals surface area contributed by atoms with Gasteiger partial charge in [0.1, 0.15) is 5.01 Å². The van der Waals surface area contributed by atoms with Gasteiger partial charge in [-0.15, -0.1) is 11.3 Å². The Kier molecular flexibility index (Phi) is 4.36. The van der Waals surface area contributed by atoms with Crippen molar-refractivity contribution < 1.29 is 9.59 Å². The van der Waals surface area contributed by atoms with E-state index >= 15 is 0 Å². The Morgan fingerprint density at radius 3 is 2.79 bits per heavy atom. The maximum absolute atomic E-state index is 13.3. The van der Waals surface area contributed by atoms with Gasteiger partial charge in [-0.05, 0) is 49.6 Å². The van der Waals surface area contributed by atoms with Gasteiger partial charge >= 0.3 is 0 Å². The highest BCUT2D eigenvalue weighted by molar-refractivity contribution is 7.18. The lowest BCUT2D eigenvalue weighted by Gasteiger charge is -2.24. The molecule has 5 rings (SSSR count). The summed E-state index contributed by atoms with van der Waals surface area (Å²) in [5.74, 6) is 0.161. The summed E-state index contributed by atoms with van der Waals surface area (Å²) >= 11 is 1.68. The normalized spacial score (nSPS) is 19.7. The standard InChI is InChI=1S/C22H21N3O2S/c26-20-11-5-12-24(20)16-7-3-6-15(14-16)22(27)25-13-4-9-18(25)21-23-17-8-1-2-10-19(17)28-21/h1-3,6-8,10,14,18H,4-5,9,11-13H2/t18-/m1/s1. The highest BCUT2D eigenvalue weighted by Crippen LogP contribution is 2.37. The van der Waals surface area contributed by atoms with Crippen molar-refractivity contribution in [2.24, 2.45) is 0 Å². The number of fused-ring (bicyclic) bond motifs is 1. The van der Waals surface area contributed by atoms with Crippen LogP contribution in [0.25, 0.3) is 10.2 Å². The smallest absolute Gasteiger partial charge is 0.254 e. The molecule has 3 heterocycles. The Labute approximate surface area is 167 Å². The zero-order valence-electron chi connectivity index (χ0n) is 15.5. The second-order valence-electron chi connectivity index (χ2n) is 7.38. The molecule has 0 spiro atoms. The lowest BCUT2D eigenvalue weighted by molar-refractivity contribution is -0.117. The molecule has 0 unspecified atom stereocenters. The molecule has 142 valence electrons. The molecule has 2 aliphatic heterocycles. The maximum Gasteiger partial charge on any atom is 0.254 e. The highest BCUT2D eigenvalue weighted by Gasteiger charge is 2.33. The van der Waals surface area contributed by atoms with Gasteiger partial charge in [0.15, 0.2) is 0 Å². The molecular formula is C22H21N3O2S. The summed E-state index contributed by atoms with van der Waals surface area (Å²) in [4.78, 5) is 33.9. The van der Waals surface area contributed by atoms with Crippen molar-refractivity contribution in [2.75, 3.05) is 18.0 Å². The van der Waals surface area contributed by atoms with E-state index < -0.39 is 0 Å². The van der Waals surface area contributed by atoms with Crippen molar-refractivity contribution in [3.05, 3.63) is 59.1 Å². The largest absolute Gasteiger partial charge is 0.329 e. The summed E-state index contributed by atoms with van der Waals surface area (Å²) in [7, 11) is 0. The monoisotopic (exact) mass is 391 g/mol. The maximum atomic E-state index is 13.3. The molecular weight excluding hydrogens is 370 g/mol. The van der Waals surface area contributed by atoms with Crippen molar-refractivity contribution in [1.82, 2.24) is 9.88 Å².